The van der Waals surface area contributed by atoms with Crippen LogP contribution in [-0.4, -0.2) is 14.9 Å². The lowest BCUT2D eigenvalue weighted by atomic mass is 10.0. The average Bonchev–Trinajstić information content (AvgIpc) is 2.97. The van der Waals surface area contributed by atoms with E-state index in [0.29, 0.717) is 0 Å². The molecule has 0 saturated carbocycles. The third-order valence-corrected chi connectivity index (χ3v) is 4.22. The number of hydrogen-bond acceptors (Lipinski definition) is 2. The Kier molecular flexibility index (Phi) is 10.2. The molecular weight excluding hydrogens is 260 g/mol. The Balaban J connectivity index is 1.97. The van der Waals surface area contributed by atoms with Gasteiger partial charge in [-0.15, -0.1) is 0 Å². The van der Waals surface area contributed by atoms with E-state index >= 15 is 0 Å². The van der Waals surface area contributed by atoms with Gasteiger partial charge in [0.15, 0.2) is 0 Å². The molecule has 1 aromatic heterocycles. The average molecular weight is 294 g/mol. The van der Waals surface area contributed by atoms with Crippen molar-refractivity contribution in [2.75, 3.05) is 0 Å². The molecule has 1 rings (SSSR count). The maximum Gasteiger partial charge on any atom is 0.0956 e. The summed E-state index contributed by atoms with van der Waals surface area (Å²) >= 11 is 0. The summed E-state index contributed by atoms with van der Waals surface area (Å²) < 4.78 is 1.89. The van der Waals surface area contributed by atoms with Crippen LogP contribution in [0.1, 0.15) is 96.3 Å². The predicted molar refractivity (Wildman–Crippen MR) is 89.3 cm³/mol. The molecule has 0 aliphatic rings. The summed E-state index contributed by atoms with van der Waals surface area (Å²) in [6, 6.07) is 1.93. The van der Waals surface area contributed by atoms with E-state index in [1.54, 1.807) is 6.20 Å². The highest BCUT2D eigenvalue weighted by molar-refractivity contribution is 5.04. The zero-order valence-electron chi connectivity index (χ0n) is 14.1. The molecule has 0 fully saturated rings. The van der Waals surface area contributed by atoms with Gasteiger partial charge in [0.1, 0.15) is 0 Å². The van der Waals surface area contributed by atoms with Crippen molar-refractivity contribution < 1.29 is 5.11 Å². The number of hydrogen-bond donors (Lipinski definition) is 1. The zero-order chi connectivity index (χ0) is 15.3. The molecule has 1 unspecified atom stereocenters. The van der Waals surface area contributed by atoms with E-state index < -0.39 is 0 Å². The number of unbranched alkanes of at least 4 members (excludes halogenated alkanes) is 9. The Labute approximate surface area is 130 Å². The van der Waals surface area contributed by atoms with Crippen LogP contribution in [-0.2, 0) is 6.54 Å². The van der Waals surface area contributed by atoms with Crippen molar-refractivity contribution >= 4 is 0 Å². The molecule has 1 heterocycles. The first kappa shape index (κ1) is 18.2. The lowest BCUT2D eigenvalue weighted by Gasteiger charge is -2.12. The van der Waals surface area contributed by atoms with Crippen LogP contribution in [0.25, 0.3) is 0 Å². The monoisotopic (exact) mass is 294 g/mol. The molecule has 1 atom stereocenters. The number of nitrogens with zero attached hydrogens (tertiary/aromatic N) is 2. The third kappa shape index (κ3) is 7.66. The zero-order valence-corrected chi connectivity index (χ0v) is 14.1. The van der Waals surface area contributed by atoms with Crippen LogP contribution in [0.15, 0.2) is 12.3 Å². The fourth-order valence-corrected chi connectivity index (χ4v) is 2.86. The van der Waals surface area contributed by atoms with Gasteiger partial charge in [0, 0.05) is 12.7 Å². The van der Waals surface area contributed by atoms with E-state index in [1.807, 2.05) is 10.7 Å². The molecule has 122 valence electrons. The van der Waals surface area contributed by atoms with E-state index in [9.17, 15) is 5.11 Å². The SMILES string of the molecule is CCCCCCCCCCCCC(O)c1ccnn1CC. The van der Waals surface area contributed by atoms with Crippen LogP contribution >= 0.6 is 0 Å². The minimum absolute atomic E-state index is 0.346. The molecule has 0 aliphatic carbocycles. The van der Waals surface area contributed by atoms with Crippen molar-refractivity contribution in [3.05, 3.63) is 18.0 Å². The van der Waals surface area contributed by atoms with Crippen LogP contribution in [0.3, 0.4) is 0 Å². The fraction of sp³-hybridized carbons (Fsp3) is 0.833. The standard InChI is InChI=1S/C18H34N2O/c1-3-5-6-7-8-9-10-11-12-13-14-18(21)17-15-16-19-20(17)4-2/h15-16,18,21H,3-14H2,1-2H3. The van der Waals surface area contributed by atoms with Gasteiger partial charge in [-0.3, -0.25) is 4.68 Å². The maximum atomic E-state index is 10.2. The van der Waals surface area contributed by atoms with Gasteiger partial charge < -0.3 is 5.11 Å². The smallest absolute Gasteiger partial charge is 0.0956 e. The van der Waals surface area contributed by atoms with Crippen molar-refractivity contribution in [1.82, 2.24) is 9.78 Å². The van der Waals surface area contributed by atoms with Gasteiger partial charge in [-0.2, -0.15) is 5.10 Å². The molecule has 0 saturated heterocycles. The summed E-state index contributed by atoms with van der Waals surface area (Å²) in [7, 11) is 0. The first-order valence-corrected chi connectivity index (χ1v) is 8.99. The van der Waals surface area contributed by atoms with E-state index in [-0.39, 0.29) is 6.10 Å². The van der Waals surface area contributed by atoms with E-state index in [2.05, 4.69) is 18.9 Å². The van der Waals surface area contributed by atoms with Crippen molar-refractivity contribution in [2.45, 2.75) is 97.1 Å². The Morgan fingerprint density at radius 3 is 2.10 bits per heavy atom. The van der Waals surface area contributed by atoms with Gasteiger partial charge in [0.05, 0.1) is 11.8 Å². The molecule has 0 aromatic carbocycles. The second-order valence-electron chi connectivity index (χ2n) is 6.06. The Hall–Kier alpha value is -0.830. The van der Waals surface area contributed by atoms with Crippen molar-refractivity contribution in [3.8, 4) is 0 Å². The summed E-state index contributed by atoms with van der Waals surface area (Å²) in [5.74, 6) is 0. The number of rotatable bonds is 13. The topological polar surface area (TPSA) is 38.1 Å². The lowest BCUT2D eigenvalue weighted by Crippen LogP contribution is -2.07. The van der Waals surface area contributed by atoms with Gasteiger partial charge in [-0.05, 0) is 19.4 Å². The van der Waals surface area contributed by atoms with Gasteiger partial charge in [-0.1, -0.05) is 71.1 Å². The van der Waals surface area contributed by atoms with Crippen molar-refractivity contribution in [3.63, 3.8) is 0 Å². The first-order chi connectivity index (χ1) is 10.3. The molecule has 1 N–H and O–H groups in total. The number of aromatic nitrogens is 2. The second kappa shape index (κ2) is 11.8. The maximum absolute atomic E-state index is 10.2. The van der Waals surface area contributed by atoms with Crippen LogP contribution in [0.4, 0.5) is 0 Å². The first-order valence-electron chi connectivity index (χ1n) is 8.99. The summed E-state index contributed by atoms with van der Waals surface area (Å²) in [5, 5.41) is 14.4. The third-order valence-electron chi connectivity index (χ3n) is 4.22. The Morgan fingerprint density at radius 1 is 0.952 bits per heavy atom. The van der Waals surface area contributed by atoms with Crippen LogP contribution < -0.4 is 0 Å². The van der Waals surface area contributed by atoms with Gasteiger partial charge >= 0.3 is 0 Å². The Morgan fingerprint density at radius 2 is 1.52 bits per heavy atom. The second-order valence-corrected chi connectivity index (χ2v) is 6.06. The largest absolute Gasteiger partial charge is 0.387 e. The van der Waals surface area contributed by atoms with E-state index in [1.165, 1.54) is 57.8 Å². The highest BCUT2D eigenvalue weighted by Gasteiger charge is 2.11. The molecule has 1 aromatic rings. The summed E-state index contributed by atoms with van der Waals surface area (Å²) in [5.41, 5.74) is 0.966. The normalized spacial score (nSPS) is 12.7. The van der Waals surface area contributed by atoms with Crippen molar-refractivity contribution in [1.29, 1.82) is 0 Å². The van der Waals surface area contributed by atoms with E-state index in [4.69, 9.17) is 0 Å². The molecule has 3 nitrogen and oxygen atoms in total. The summed E-state index contributed by atoms with van der Waals surface area (Å²) in [6.45, 7) is 5.16. The fourth-order valence-electron chi connectivity index (χ4n) is 2.86. The van der Waals surface area contributed by atoms with Gasteiger partial charge in [0.25, 0.3) is 0 Å². The quantitative estimate of drug-likeness (QED) is 0.505. The highest BCUT2D eigenvalue weighted by atomic mass is 16.3. The number of aliphatic hydroxyl groups is 1. The van der Waals surface area contributed by atoms with Crippen LogP contribution in [0, 0.1) is 0 Å². The highest BCUT2D eigenvalue weighted by Crippen LogP contribution is 2.20. The Bertz CT molecular complexity index is 349. The minimum Gasteiger partial charge on any atom is -0.387 e. The molecule has 0 aliphatic heterocycles. The molecule has 0 radical (unpaired) electrons. The lowest BCUT2D eigenvalue weighted by molar-refractivity contribution is 0.152. The van der Waals surface area contributed by atoms with Crippen LogP contribution in [0.5, 0.6) is 0 Å². The molecule has 0 amide bonds. The molecule has 21 heavy (non-hydrogen) atoms. The summed E-state index contributed by atoms with van der Waals surface area (Å²) in [4.78, 5) is 0. The molecular formula is C18H34N2O. The molecule has 0 bridgehead atoms. The van der Waals surface area contributed by atoms with Crippen LogP contribution in [0.2, 0.25) is 0 Å². The van der Waals surface area contributed by atoms with E-state index in [0.717, 1.165) is 25.1 Å². The minimum atomic E-state index is -0.346. The predicted octanol–water partition coefficient (Wildman–Crippen LogP) is 5.25. The van der Waals surface area contributed by atoms with Crippen molar-refractivity contribution in [2.24, 2.45) is 0 Å². The van der Waals surface area contributed by atoms with Gasteiger partial charge in [-0.25, -0.2) is 0 Å². The summed E-state index contributed by atoms with van der Waals surface area (Å²) in [6.07, 6.45) is 15.7. The van der Waals surface area contributed by atoms with Gasteiger partial charge in [0.2, 0.25) is 0 Å². The number of aryl methyl sites for hydroxylation is 1. The molecule has 3 heteroatoms. The molecule has 0 spiro atoms. The number of aliphatic hydroxyl groups excluding tert-OH is 1.